The van der Waals surface area contributed by atoms with Gasteiger partial charge in [0.1, 0.15) is 29.1 Å². The fourth-order valence-electron chi connectivity index (χ4n) is 2.41. The van der Waals surface area contributed by atoms with Gasteiger partial charge in [-0.15, -0.1) is 0 Å². The summed E-state index contributed by atoms with van der Waals surface area (Å²) in [5.41, 5.74) is 0.377. The molecule has 144 valence electrons. The molecule has 0 radical (unpaired) electrons. The number of carbonyl (C=O) groups is 1. The van der Waals surface area contributed by atoms with Crippen LogP contribution < -0.4 is 4.74 Å². The quantitative estimate of drug-likeness (QED) is 0.681. The number of carbonyl (C=O) groups excluding carboxylic acids is 1. The molecule has 2 rings (SSSR count). The number of allylic oxidation sites excluding steroid dienone is 3. The number of hydrogen-bond acceptors (Lipinski definition) is 6. The van der Waals surface area contributed by atoms with E-state index in [1.807, 2.05) is 12.1 Å². The maximum absolute atomic E-state index is 12.6. The third-order valence-corrected chi connectivity index (χ3v) is 4.59. The van der Waals surface area contributed by atoms with E-state index in [4.69, 9.17) is 9.47 Å². The first-order chi connectivity index (χ1) is 13.2. The Morgan fingerprint density at radius 1 is 1.25 bits per heavy atom. The molecule has 0 spiro atoms. The molecule has 1 saturated heterocycles. The van der Waals surface area contributed by atoms with Crippen molar-refractivity contribution in [3.8, 4) is 17.9 Å². The highest BCUT2D eigenvalue weighted by molar-refractivity contribution is 8.07. The summed E-state index contributed by atoms with van der Waals surface area (Å²) in [6.45, 7) is 9.60. The molecule has 0 atom stereocenters. The zero-order chi connectivity index (χ0) is 20.9. The van der Waals surface area contributed by atoms with E-state index >= 15 is 0 Å². The van der Waals surface area contributed by atoms with E-state index in [0.717, 1.165) is 4.91 Å². The molecular formula is C21H21N3O3S. The molecule has 1 aliphatic rings. The number of benzene rings is 1. The second-order valence-corrected chi connectivity index (χ2v) is 8.13. The van der Waals surface area contributed by atoms with Crippen molar-refractivity contribution in [2.45, 2.75) is 26.4 Å². The molecule has 0 bridgehead atoms. The van der Waals surface area contributed by atoms with Crippen LogP contribution in [0.15, 0.2) is 52.4 Å². The van der Waals surface area contributed by atoms with Gasteiger partial charge in [0.25, 0.3) is 0 Å². The normalized spacial score (nSPS) is 15.0. The number of nitriles is 2. The second kappa shape index (κ2) is 8.69. The maximum Gasteiger partial charge on any atom is 0.415 e. The monoisotopic (exact) mass is 395 g/mol. The molecule has 1 fully saturated rings. The Balaban J connectivity index is 2.51. The largest absolute Gasteiger partial charge is 0.497 e. The minimum atomic E-state index is -0.643. The first-order valence-electron chi connectivity index (χ1n) is 8.45. The van der Waals surface area contributed by atoms with Crippen LogP contribution in [0, 0.1) is 22.7 Å². The summed E-state index contributed by atoms with van der Waals surface area (Å²) in [6, 6.07) is 10.8. The molecule has 1 aliphatic heterocycles. The summed E-state index contributed by atoms with van der Waals surface area (Å²) in [7, 11) is 1.56. The Kier molecular flexibility index (Phi) is 6.56. The standard InChI is InChI=1S/C21H21N3O3S/c1-14-13-24(20(25)27-21(2,3)4)19(28-14)10-18(16(11-22)12-23)15-6-8-17(26-5)9-7-15/h6-10H,1,13H2,2-5H3/b19-10+. The lowest BCUT2D eigenvalue weighted by Gasteiger charge is -2.24. The fourth-order valence-corrected chi connectivity index (χ4v) is 3.32. The van der Waals surface area contributed by atoms with Crippen LogP contribution >= 0.6 is 11.8 Å². The minimum Gasteiger partial charge on any atom is -0.497 e. The Morgan fingerprint density at radius 3 is 2.36 bits per heavy atom. The van der Waals surface area contributed by atoms with Crippen molar-refractivity contribution in [2.75, 3.05) is 13.7 Å². The summed E-state index contributed by atoms with van der Waals surface area (Å²) < 4.78 is 10.6. The predicted octanol–water partition coefficient (Wildman–Crippen LogP) is 4.83. The van der Waals surface area contributed by atoms with Crippen LogP contribution in [0.3, 0.4) is 0 Å². The van der Waals surface area contributed by atoms with E-state index in [1.165, 1.54) is 16.7 Å². The lowest BCUT2D eigenvalue weighted by atomic mass is 10.0. The highest BCUT2D eigenvalue weighted by atomic mass is 32.2. The van der Waals surface area contributed by atoms with Gasteiger partial charge < -0.3 is 9.47 Å². The first kappa shape index (κ1) is 21.1. The summed E-state index contributed by atoms with van der Waals surface area (Å²) in [6.07, 6.45) is 1.14. The van der Waals surface area contributed by atoms with Gasteiger partial charge in [-0.1, -0.05) is 30.5 Å². The van der Waals surface area contributed by atoms with Gasteiger partial charge >= 0.3 is 6.09 Å². The van der Waals surface area contributed by atoms with Crippen LogP contribution in [0.5, 0.6) is 5.75 Å². The molecule has 7 heteroatoms. The van der Waals surface area contributed by atoms with Gasteiger partial charge in [-0.2, -0.15) is 10.5 Å². The summed E-state index contributed by atoms with van der Waals surface area (Å²) in [5.74, 6) is 0.658. The summed E-state index contributed by atoms with van der Waals surface area (Å²) in [5, 5.41) is 19.3. The number of thioether (sulfide) groups is 1. The minimum absolute atomic E-state index is 0.0556. The molecule has 0 unspecified atom stereocenters. The van der Waals surface area contributed by atoms with Crippen molar-refractivity contribution >= 4 is 23.4 Å². The highest BCUT2D eigenvalue weighted by Crippen LogP contribution is 2.39. The number of amides is 1. The smallest absolute Gasteiger partial charge is 0.415 e. The van der Waals surface area contributed by atoms with E-state index in [1.54, 1.807) is 58.2 Å². The van der Waals surface area contributed by atoms with Crippen LogP contribution in [0.2, 0.25) is 0 Å². The SMILES string of the molecule is C=C1CN(C(=O)OC(C)(C)C)/C(=C\C(=C(C#N)C#N)c2ccc(OC)cc2)S1. The molecule has 0 aromatic heterocycles. The lowest BCUT2D eigenvalue weighted by Crippen LogP contribution is -2.34. The van der Waals surface area contributed by atoms with Gasteiger partial charge in [-0.3, -0.25) is 4.90 Å². The van der Waals surface area contributed by atoms with E-state index in [9.17, 15) is 15.3 Å². The van der Waals surface area contributed by atoms with Crippen molar-refractivity contribution in [3.05, 3.63) is 58.0 Å². The first-order valence-corrected chi connectivity index (χ1v) is 9.27. The molecule has 6 nitrogen and oxygen atoms in total. The Bertz CT molecular complexity index is 910. The molecule has 1 heterocycles. The van der Waals surface area contributed by atoms with Crippen LogP contribution in [0.25, 0.3) is 5.57 Å². The maximum atomic E-state index is 12.6. The zero-order valence-electron chi connectivity index (χ0n) is 16.3. The van der Waals surface area contributed by atoms with Crippen LogP contribution in [-0.2, 0) is 4.74 Å². The molecule has 0 saturated carbocycles. The number of ether oxygens (including phenoxy) is 2. The topological polar surface area (TPSA) is 86.4 Å². The van der Waals surface area contributed by atoms with Crippen molar-refractivity contribution in [3.63, 3.8) is 0 Å². The van der Waals surface area contributed by atoms with Gasteiger partial charge in [-0.05, 0) is 44.5 Å². The van der Waals surface area contributed by atoms with Gasteiger partial charge in [0.05, 0.1) is 18.7 Å². The van der Waals surface area contributed by atoms with Gasteiger partial charge in [-0.25, -0.2) is 4.79 Å². The number of nitrogens with zero attached hydrogens (tertiary/aromatic N) is 3. The fraction of sp³-hybridized carbons (Fsp3) is 0.286. The number of methoxy groups -OCH3 is 1. The second-order valence-electron chi connectivity index (χ2n) is 6.93. The van der Waals surface area contributed by atoms with E-state index in [0.29, 0.717) is 28.5 Å². The predicted molar refractivity (Wildman–Crippen MR) is 109 cm³/mol. The average Bonchev–Trinajstić information content (AvgIpc) is 3.01. The van der Waals surface area contributed by atoms with Crippen molar-refractivity contribution in [1.29, 1.82) is 10.5 Å². The number of rotatable bonds is 3. The van der Waals surface area contributed by atoms with Crippen LogP contribution in [-0.4, -0.2) is 30.2 Å². The Labute approximate surface area is 169 Å². The van der Waals surface area contributed by atoms with Gasteiger partial charge in [0, 0.05) is 10.5 Å². The molecule has 1 aromatic rings. The number of hydrogen-bond donors (Lipinski definition) is 0. The van der Waals surface area contributed by atoms with Gasteiger partial charge in [0.2, 0.25) is 0 Å². The molecule has 0 N–H and O–H groups in total. The van der Waals surface area contributed by atoms with Crippen molar-refractivity contribution in [1.82, 2.24) is 4.90 Å². The Hall–Kier alpha value is -3.16. The van der Waals surface area contributed by atoms with Gasteiger partial charge in [0.15, 0.2) is 0 Å². The average molecular weight is 395 g/mol. The summed E-state index contributed by atoms with van der Waals surface area (Å²) in [4.78, 5) is 14.8. The molecule has 1 aromatic carbocycles. The molecular weight excluding hydrogens is 374 g/mol. The van der Waals surface area contributed by atoms with E-state index < -0.39 is 11.7 Å². The van der Waals surface area contributed by atoms with Crippen molar-refractivity contribution < 1.29 is 14.3 Å². The Morgan fingerprint density at radius 2 is 1.86 bits per heavy atom. The third kappa shape index (κ3) is 5.18. The summed E-state index contributed by atoms with van der Waals surface area (Å²) >= 11 is 1.31. The third-order valence-electron chi connectivity index (χ3n) is 3.63. The van der Waals surface area contributed by atoms with E-state index in [2.05, 4.69) is 6.58 Å². The molecule has 0 aliphatic carbocycles. The highest BCUT2D eigenvalue weighted by Gasteiger charge is 2.31. The zero-order valence-corrected chi connectivity index (χ0v) is 17.1. The lowest BCUT2D eigenvalue weighted by molar-refractivity contribution is 0.0350. The van der Waals surface area contributed by atoms with Crippen LogP contribution in [0.4, 0.5) is 4.79 Å². The van der Waals surface area contributed by atoms with Crippen molar-refractivity contribution in [2.24, 2.45) is 0 Å². The van der Waals surface area contributed by atoms with Crippen LogP contribution in [0.1, 0.15) is 26.3 Å². The molecule has 1 amide bonds. The van der Waals surface area contributed by atoms with E-state index in [-0.39, 0.29) is 5.57 Å². The molecule has 28 heavy (non-hydrogen) atoms.